The molecule has 108 valence electrons. The summed E-state index contributed by atoms with van der Waals surface area (Å²) < 4.78 is 3.11. The predicted molar refractivity (Wildman–Crippen MR) is 77.0 cm³/mol. The molecule has 7 heteroatoms. The van der Waals surface area contributed by atoms with E-state index in [4.69, 9.17) is 0 Å². The number of carboxylic acid groups (broad SMARTS) is 1. The lowest BCUT2D eigenvalue weighted by Crippen LogP contribution is -2.15. The normalized spacial score (nSPS) is 11.1. The number of hydrogen-bond donors (Lipinski definition) is 2. The number of aromatic amines is 1. The van der Waals surface area contributed by atoms with Gasteiger partial charge in [0.15, 0.2) is 0 Å². The first-order chi connectivity index (χ1) is 10.0. The minimum atomic E-state index is -1.07. The second kappa shape index (κ2) is 4.62. The topological polar surface area (TPSA) is 92.9 Å². The van der Waals surface area contributed by atoms with Gasteiger partial charge in [-0.2, -0.15) is 5.10 Å². The second-order valence-corrected chi connectivity index (χ2v) is 4.76. The molecular formula is C14H14N4O3. The van der Waals surface area contributed by atoms with Crippen LogP contribution in [0.25, 0.3) is 16.7 Å². The maximum atomic E-state index is 12.3. The zero-order valence-corrected chi connectivity index (χ0v) is 11.6. The van der Waals surface area contributed by atoms with Crippen LogP contribution in [0.4, 0.5) is 0 Å². The molecule has 7 nitrogen and oxygen atoms in total. The van der Waals surface area contributed by atoms with Gasteiger partial charge in [0.25, 0.3) is 0 Å². The lowest BCUT2D eigenvalue weighted by molar-refractivity contribution is 0.0699. The van der Waals surface area contributed by atoms with Crippen LogP contribution in [-0.4, -0.2) is 30.4 Å². The Morgan fingerprint density at radius 2 is 2.19 bits per heavy atom. The van der Waals surface area contributed by atoms with Gasteiger partial charge in [0.1, 0.15) is 0 Å². The molecule has 2 N–H and O–H groups in total. The van der Waals surface area contributed by atoms with Gasteiger partial charge < -0.3 is 10.1 Å². The Morgan fingerprint density at radius 3 is 2.86 bits per heavy atom. The van der Waals surface area contributed by atoms with Gasteiger partial charge in [-0.25, -0.2) is 9.59 Å². The lowest BCUT2D eigenvalue weighted by atomic mass is 10.2. The monoisotopic (exact) mass is 286 g/mol. The number of aromatic carboxylic acids is 1. The summed E-state index contributed by atoms with van der Waals surface area (Å²) >= 11 is 0. The highest BCUT2D eigenvalue weighted by molar-refractivity contribution is 6.01. The number of benzene rings is 1. The smallest absolute Gasteiger partial charge is 0.337 e. The molecule has 0 bridgehead atoms. The first kappa shape index (κ1) is 13.2. The Hall–Kier alpha value is -2.83. The van der Waals surface area contributed by atoms with Crippen molar-refractivity contribution in [3.63, 3.8) is 0 Å². The van der Waals surface area contributed by atoms with Crippen molar-refractivity contribution in [2.45, 2.75) is 13.3 Å². The fourth-order valence-electron chi connectivity index (χ4n) is 2.51. The summed E-state index contributed by atoms with van der Waals surface area (Å²) in [7, 11) is 1.78. The first-order valence-corrected chi connectivity index (χ1v) is 6.53. The SMILES string of the molecule is CCc1nn(C)cc1-n1c(=O)[nH]c2c(C(=O)O)cccc21. The minimum Gasteiger partial charge on any atom is -0.478 e. The van der Waals surface area contributed by atoms with E-state index in [1.54, 1.807) is 30.1 Å². The van der Waals surface area contributed by atoms with Crippen molar-refractivity contribution in [2.75, 3.05) is 0 Å². The van der Waals surface area contributed by atoms with Gasteiger partial charge in [-0.05, 0) is 18.6 Å². The summed E-state index contributed by atoms with van der Waals surface area (Å²) in [4.78, 5) is 26.1. The number of nitrogens with zero attached hydrogens (tertiary/aromatic N) is 3. The molecule has 0 saturated carbocycles. The van der Waals surface area contributed by atoms with Gasteiger partial charge in [0.05, 0.1) is 28.0 Å². The van der Waals surface area contributed by atoms with E-state index in [1.807, 2.05) is 6.92 Å². The van der Waals surface area contributed by atoms with E-state index in [2.05, 4.69) is 10.1 Å². The number of aryl methyl sites for hydroxylation is 2. The van der Waals surface area contributed by atoms with Crippen molar-refractivity contribution in [3.8, 4) is 5.69 Å². The summed E-state index contributed by atoms with van der Waals surface area (Å²) in [6.07, 6.45) is 2.43. The summed E-state index contributed by atoms with van der Waals surface area (Å²) in [6.45, 7) is 1.95. The van der Waals surface area contributed by atoms with Crippen molar-refractivity contribution >= 4 is 17.0 Å². The average Bonchev–Trinajstić information content (AvgIpc) is 2.96. The molecule has 0 amide bonds. The minimum absolute atomic E-state index is 0.0743. The van der Waals surface area contributed by atoms with Gasteiger partial charge >= 0.3 is 11.7 Å². The number of hydrogen-bond acceptors (Lipinski definition) is 3. The van der Waals surface area contributed by atoms with Crippen LogP contribution in [0.15, 0.2) is 29.2 Å². The molecule has 1 aromatic carbocycles. The summed E-state index contributed by atoms with van der Waals surface area (Å²) in [6, 6.07) is 4.80. The molecule has 21 heavy (non-hydrogen) atoms. The van der Waals surface area contributed by atoms with Gasteiger partial charge in [0.2, 0.25) is 0 Å². The Morgan fingerprint density at radius 1 is 1.43 bits per heavy atom. The third-order valence-electron chi connectivity index (χ3n) is 3.41. The lowest BCUT2D eigenvalue weighted by Gasteiger charge is -2.02. The number of carbonyl (C=O) groups is 1. The molecule has 0 spiro atoms. The molecule has 0 aliphatic heterocycles. The van der Waals surface area contributed by atoms with Crippen LogP contribution >= 0.6 is 0 Å². The molecule has 2 heterocycles. The van der Waals surface area contributed by atoms with E-state index in [-0.39, 0.29) is 11.3 Å². The van der Waals surface area contributed by atoms with Crippen LogP contribution in [-0.2, 0) is 13.5 Å². The van der Waals surface area contributed by atoms with Crippen molar-refractivity contribution in [3.05, 3.63) is 46.1 Å². The number of rotatable bonds is 3. The third-order valence-corrected chi connectivity index (χ3v) is 3.41. The molecule has 0 aliphatic rings. The van der Waals surface area contributed by atoms with E-state index < -0.39 is 5.97 Å². The molecule has 0 saturated heterocycles. The van der Waals surface area contributed by atoms with Crippen molar-refractivity contribution in [2.24, 2.45) is 7.05 Å². The fraction of sp³-hybridized carbons (Fsp3) is 0.214. The number of imidazole rings is 1. The second-order valence-electron chi connectivity index (χ2n) is 4.76. The average molecular weight is 286 g/mol. The molecule has 0 atom stereocenters. The quantitative estimate of drug-likeness (QED) is 0.759. The summed E-state index contributed by atoms with van der Waals surface area (Å²) in [5.74, 6) is -1.07. The third kappa shape index (κ3) is 1.94. The van der Waals surface area contributed by atoms with Crippen LogP contribution in [0.3, 0.4) is 0 Å². The molecule has 3 aromatic rings. The van der Waals surface area contributed by atoms with Crippen LogP contribution in [0.2, 0.25) is 0 Å². The van der Waals surface area contributed by atoms with Crippen LogP contribution < -0.4 is 5.69 Å². The zero-order chi connectivity index (χ0) is 15.1. The number of aromatic nitrogens is 4. The first-order valence-electron chi connectivity index (χ1n) is 6.53. The van der Waals surface area contributed by atoms with Crippen molar-refractivity contribution in [1.29, 1.82) is 0 Å². The van der Waals surface area contributed by atoms with Crippen LogP contribution in [0.5, 0.6) is 0 Å². The van der Waals surface area contributed by atoms with Gasteiger partial charge in [-0.3, -0.25) is 9.25 Å². The molecule has 2 aromatic heterocycles. The Labute approximate surface area is 119 Å². The van der Waals surface area contributed by atoms with Gasteiger partial charge in [-0.1, -0.05) is 13.0 Å². The maximum absolute atomic E-state index is 12.3. The molecule has 0 unspecified atom stereocenters. The highest BCUT2D eigenvalue weighted by Crippen LogP contribution is 2.21. The van der Waals surface area contributed by atoms with Crippen LogP contribution in [0, 0.1) is 0 Å². The standard InChI is InChI=1S/C14H14N4O3/c1-3-9-11(7-17(2)16-9)18-10-6-4-5-8(13(19)20)12(10)15-14(18)21/h4-7H,3H2,1-2H3,(H,15,21)(H,19,20). The van der Waals surface area contributed by atoms with Gasteiger partial charge in [0, 0.05) is 13.2 Å². The number of para-hydroxylation sites is 1. The Kier molecular flexibility index (Phi) is 2.90. The summed E-state index contributed by atoms with van der Waals surface area (Å²) in [5, 5.41) is 13.5. The summed E-state index contributed by atoms with van der Waals surface area (Å²) in [5.41, 5.74) is 2.00. The van der Waals surface area contributed by atoms with E-state index in [0.717, 1.165) is 5.69 Å². The van der Waals surface area contributed by atoms with E-state index in [9.17, 15) is 14.7 Å². The Balaban J connectivity index is 2.38. The molecular weight excluding hydrogens is 272 g/mol. The number of H-pyrrole nitrogens is 1. The van der Waals surface area contributed by atoms with E-state index in [0.29, 0.717) is 23.1 Å². The molecule has 0 radical (unpaired) electrons. The molecule has 0 aliphatic carbocycles. The van der Waals surface area contributed by atoms with Crippen molar-refractivity contribution < 1.29 is 9.90 Å². The van der Waals surface area contributed by atoms with Crippen LogP contribution in [0.1, 0.15) is 23.0 Å². The fourth-order valence-corrected chi connectivity index (χ4v) is 2.51. The highest BCUT2D eigenvalue weighted by Gasteiger charge is 2.18. The largest absolute Gasteiger partial charge is 0.478 e. The highest BCUT2D eigenvalue weighted by atomic mass is 16.4. The Bertz CT molecular complexity index is 901. The van der Waals surface area contributed by atoms with E-state index >= 15 is 0 Å². The molecule has 0 fully saturated rings. The predicted octanol–water partition coefficient (Wildman–Crippen LogP) is 1.31. The van der Waals surface area contributed by atoms with Crippen molar-refractivity contribution in [1.82, 2.24) is 19.3 Å². The number of fused-ring (bicyclic) bond motifs is 1. The number of nitrogens with one attached hydrogen (secondary N) is 1. The zero-order valence-electron chi connectivity index (χ0n) is 11.6. The van der Waals surface area contributed by atoms with E-state index in [1.165, 1.54) is 10.6 Å². The molecule has 3 rings (SSSR count). The number of carboxylic acids is 1. The van der Waals surface area contributed by atoms with Gasteiger partial charge in [-0.15, -0.1) is 0 Å². The maximum Gasteiger partial charge on any atom is 0.337 e.